The summed E-state index contributed by atoms with van der Waals surface area (Å²) >= 11 is 0. The number of ether oxygens (including phenoxy) is 1. The summed E-state index contributed by atoms with van der Waals surface area (Å²) in [6, 6.07) is 0. The van der Waals surface area contributed by atoms with Gasteiger partial charge < -0.3 is 10.1 Å². The first-order valence-electron chi connectivity index (χ1n) is 7.03. The van der Waals surface area contributed by atoms with Crippen molar-refractivity contribution in [1.29, 1.82) is 0 Å². The van der Waals surface area contributed by atoms with E-state index in [9.17, 15) is 0 Å². The SMILES string of the molecule is CCCNCc1cnc(OCC2CCCC2)cn1. The van der Waals surface area contributed by atoms with Gasteiger partial charge in [-0.05, 0) is 31.7 Å². The molecule has 2 rings (SSSR count). The first-order valence-corrected chi connectivity index (χ1v) is 7.03. The van der Waals surface area contributed by atoms with E-state index in [0.29, 0.717) is 5.88 Å². The molecular formula is C14H23N3O. The second-order valence-electron chi connectivity index (χ2n) is 4.98. The minimum Gasteiger partial charge on any atom is -0.476 e. The van der Waals surface area contributed by atoms with Crippen molar-refractivity contribution >= 4 is 0 Å². The Balaban J connectivity index is 1.72. The molecule has 0 saturated heterocycles. The lowest BCUT2D eigenvalue weighted by Gasteiger charge is -2.10. The van der Waals surface area contributed by atoms with Crippen molar-refractivity contribution in [2.45, 2.75) is 45.6 Å². The third-order valence-corrected chi connectivity index (χ3v) is 3.36. The lowest BCUT2D eigenvalue weighted by atomic mass is 10.1. The Labute approximate surface area is 109 Å². The van der Waals surface area contributed by atoms with Crippen molar-refractivity contribution in [2.75, 3.05) is 13.2 Å². The third kappa shape index (κ3) is 4.26. The lowest BCUT2D eigenvalue weighted by Crippen LogP contribution is -2.15. The third-order valence-electron chi connectivity index (χ3n) is 3.36. The number of aromatic nitrogens is 2. The van der Waals surface area contributed by atoms with Crippen LogP contribution in [0.25, 0.3) is 0 Å². The van der Waals surface area contributed by atoms with Gasteiger partial charge in [0.15, 0.2) is 0 Å². The maximum atomic E-state index is 5.68. The topological polar surface area (TPSA) is 47.0 Å². The van der Waals surface area contributed by atoms with Crippen LogP contribution < -0.4 is 10.1 Å². The summed E-state index contributed by atoms with van der Waals surface area (Å²) < 4.78 is 5.68. The highest BCUT2D eigenvalue weighted by Gasteiger charge is 2.15. The Hall–Kier alpha value is -1.16. The van der Waals surface area contributed by atoms with E-state index in [1.807, 2.05) is 0 Å². The summed E-state index contributed by atoms with van der Waals surface area (Å²) in [5, 5.41) is 3.30. The van der Waals surface area contributed by atoms with Crippen LogP contribution in [0, 0.1) is 5.92 Å². The summed E-state index contributed by atoms with van der Waals surface area (Å²) in [6.45, 7) is 4.74. The van der Waals surface area contributed by atoms with Gasteiger partial charge in [-0.1, -0.05) is 19.8 Å². The molecule has 1 aliphatic carbocycles. The van der Waals surface area contributed by atoms with Gasteiger partial charge >= 0.3 is 0 Å². The van der Waals surface area contributed by atoms with Crippen molar-refractivity contribution in [3.63, 3.8) is 0 Å². The molecule has 18 heavy (non-hydrogen) atoms. The number of nitrogens with one attached hydrogen (secondary N) is 1. The smallest absolute Gasteiger partial charge is 0.232 e. The van der Waals surface area contributed by atoms with Gasteiger partial charge in [-0.3, -0.25) is 4.98 Å². The van der Waals surface area contributed by atoms with Gasteiger partial charge in [-0.25, -0.2) is 4.98 Å². The van der Waals surface area contributed by atoms with E-state index in [1.165, 1.54) is 25.7 Å². The fraction of sp³-hybridized carbons (Fsp3) is 0.714. The van der Waals surface area contributed by atoms with E-state index in [-0.39, 0.29) is 0 Å². The monoisotopic (exact) mass is 249 g/mol. The van der Waals surface area contributed by atoms with E-state index in [1.54, 1.807) is 12.4 Å². The molecule has 0 radical (unpaired) electrons. The van der Waals surface area contributed by atoms with Crippen LogP contribution in [0.1, 0.15) is 44.7 Å². The molecule has 0 unspecified atom stereocenters. The van der Waals surface area contributed by atoms with Crippen LogP contribution in [-0.4, -0.2) is 23.1 Å². The first-order chi connectivity index (χ1) is 8.88. The van der Waals surface area contributed by atoms with Crippen molar-refractivity contribution in [1.82, 2.24) is 15.3 Å². The summed E-state index contributed by atoms with van der Waals surface area (Å²) in [4.78, 5) is 8.64. The van der Waals surface area contributed by atoms with Gasteiger partial charge in [-0.2, -0.15) is 0 Å². The fourth-order valence-electron chi connectivity index (χ4n) is 2.28. The maximum Gasteiger partial charge on any atom is 0.232 e. The van der Waals surface area contributed by atoms with Crippen molar-refractivity contribution in [3.05, 3.63) is 18.1 Å². The van der Waals surface area contributed by atoms with Crippen LogP contribution in [0.15, 0.2) is 12.4 Å². The van der Waals surface area contributed by atoms with Gasteiger partial charge in [0.25, 0.3) is 0 Å². The zero-order valence-corrected chi connectivity index (χ0v) is 11.2. The Morgan fingerprint density at radius 3 is 2.78 bits per heavy atom. The molecule has 1 fully saturated rings. The van der Waals surface area contributed by atoms with E-state index in [0.717, 1.165) is 37.7 Å². The molecule has 1 N–H and O–H groups in total. The molecule has 0 bridgehead atoms. The average Bonchev–Trinajstić information content (AvgIpc) is 2.91. The van der Waals surface area contributed by atoms with Gasteiger partial charge in [0.2, 0.25) is 5.88 Å². The summed E-state index contributed by atoms with van der Waals surface area (Å²) in [6.07, 6.45) is 9.96. The molecule has 0 amide bonds. The number of rotatable bonds is 7. The van der Waals surface area contributed by atoms with Crippen molar-refractivity contribution < 1.29 is 4.74 Å². The number of hydrogen-bond donors (Lipinski definition) is 1. The minimum atomic E-state index is 0.654. The minimum absolute atomic E-state index is 0.654. The number of nitrogens with zero attached hydrogens (tertiary/aromatic N) is 2. The molecule has 1 heterocycles. The van der Waals surface area contributed by atoms with Gasteiger partial charge in [-0.15, -0.1) is 0 Å². The molecule has 1 saturated carbocycles. The summed E-state index contributed by atoms with van der Waals surface area (Å²) in [5.74, 6) is 1.37. The summed E-state index contributed by atoms with van der Waals surface area (Å²) in [5.41, 5.74) is 0.969. The molecule has 1 aliphatic rings. The molecule has 4 nitrogen and oxygen atoms in total. The van der Waals surface area contributed by atoms with E-state index >= 15 is 0 Å². The molecular weight excluding hydrogens is 226 g/mol. The molecule has 1 aromatic heterocycles. The molecule has 0 atom stereocenters. The van der Waals surface area contributed by atoms with Gasteiger partial charge in [0, 0.05) is 6.54 Å². The van der Waals surface area contributed by atoms with Crippen LogP contribution in [0.4, 0.5) is 0 Å². The molecule has 4 heteroatoms. The Morgan fingerprint density at radius 1 is 1.28 bits per heavy atom. The Morgan fingerprint density at radius 2 is 2.11 bits per heavy atom. The van der Waals surface area contributed by atoms with Crippen LogP contribution in [0.5, 0.6) is 5.88 Å². The van der Waals surface area contributed by atoms with Gasteiger partial charge in [0.1, 0.15) is 0 Å². The zero-order valence-electron chi connectivity index (χ0n) is 11.2. The average molecular weight is 249 g/mol. The molecule has 0 aromatic carbocycles. The Bertz CT molecular complexity index is 333. The molecule has 100 valence electrons. The number of hydrogen-bond acceptors (Lipinski definition) is 4. The Kier molecular flexibility index (Phi) is 5.39. The predicted octanol–water partition coefficient (Wildman–Crippen LogP) is 2.55. The second-order valence-corrected chi connectivity index (χ2v) is 4.98. The van der Waals surface area contributed by atoms with Crippen LogP contribution in [-0.2, 0) is 6.54 Å². The zero-order chi connectivity index (χ0) is 12.6. The predicted molar refractivity (Wildman–Crippen MR) is 71.5 cm³/mol. The quantitative estimate of drug-likeness (QED) is 0.754. The highest BCUT2D eigenvalue weighted by atomic mass is 16.5. The molecule has 0 spiro atoms. The maximum absolute atomic E-state index is 5.68. The lowest BCUT2D eigenvalue weighted by molar-refractivity contribution is 0.242. The standard InChI is InChI=1S/C14H23N3O/c1-2-7-15-8-13-9-17-14(10-16-13)18-11-12-5-3-4-6-12/h9-10,12,15H,2-8,11H2,1H3. The first kappa shape index (κ1) is 13.3. The van der Waals surface area contributed by atoms with Crippen molar-refractivity contribution in [3.8, 4) is 5.88 Å². The highest BCUT2D eigenvalue weighted by molar-refractivity contribution is 5.07. The fourth-order valence-corrected chi connectivity index (χ4v) is 2.28. The van der Waals surface area contributed by atoms with Gasteiger partial charge in [0.05, 0.1) is 24.7 Å². The highest BCUT2D eigenvalue weighted by Crippen LogP contribution is 2.25. The van der Waals surface area contributed by atoms with E-state index < -0.39 is 0 Å². The summed E-state index contributed by atoms with van der Waals surface area (Å²) in [7, 11) is 0. The van der Waals surface area contributed by atoms with E-state index in [4.69, 9.17) is 4.74 Å². The largest absolute Gasteiger partial charge is 0.476 e. The van der Waals surface area contributed by atoms with Crippen molar-refractivity contribution in [2.24, 2.45) is 5.92 Å². The van der Waals surface area contributed by atoms with Crippen LogP contribution in [0.3, 0.4) is 0 Å². The van der Waals surface area contributed by atoms with E-state index in [2.05, 4.69) is 22.2 Å². The second kappa shape index (κ2) is 7.31. The van der Waals surface area contributed by atoms with Crippen LogP contribution >= 0.6 is 0 Å². The molecule has 1 aromatic rings. The van der Waals surface area contributed by atoms with Crippen LogP contribution in [0.2, 0.25) is 0 Å². The molecule has 0 aliphatic heterocycles. The normalized spacial score (nSPS) is 16.1.